The maximum Gasteiger partial charge on any atom is 0.252 e. The number of benzene rings is 3. The van der Waals surface area contributed by atoms with Crippen molar-refractivity contribution in [3.63, 3.8) is 0 Å². The highest BCUT2D eigenvalue weighted by Gasteiger charge is 2.24. The number of rotatable bonds is 7. The van der Waals surface area contributed by atoms with Crippen LogP contribution in [0.1, 0.15) is 35.8 Å². The van der Waals surface area contributed by atoms with E-state index < -0.39 is 6.04 Å². The van der Waals surface area contributed by atoms with Gasteiger partial charge in [0.1, 0.15) is 6.04 Å². The Morgan fingerprint density at radius 2 is 1.35 bits per heavy atom. The minimum absolute atomic E-state index is 0.284. The molecule has 0 aromatic heterocycles. The van der Waals surface area contributed by atoms with Gasteiger partial charge in [0.05, 0.1) is 0 Å². The first-order chi connectivity index (χ1) is 16.5. The smallest absolute Gasteiger partial charge is 0.252 e. The van der Waals surface area contributed by atoms with Gasteiger partial charge in [0, 0.05) is 49.2 Å². The topological polar surface area (TPSA) is 64.7 Å². The van der Waals surface area contributed by atoms with Gasteiger partial charge in [-0.2, -0.15) is 0 Å². The molecule has 176 valence electrons. The average Bonchev–Trinajstić information content (AvgIpc) is 2.88. The van der Waals surface area contributed by atoms with Crippen molar-refractivity contribution >= 4 is 23.2 Å². The van der Waals surface area contributed by atoms with E-state index in [1.54, 1.807) is 0 Å². The van der Waals surface area contributed by atoms with Gasteiger partial charge >= 0.3 is 0 Å². The van der Waals surface area contributed by atoms with Crippen LogP contribution in [0.3, 0.4) is 0 Å². The highest BCUT2D eigenvalue weighted by Crippen LogP contribution is 2.20. The van der Waals surface area contributed by atoms with Crippen molar-refractivity contribution in [1.29, 1.82) is 0 Å². The molecule has 0 spiro atoms. The van der Waals surface area contributed by atoms with Gasteiger partial charge in [0.2, 0.25) is 0 Å². The summed E-state index contributed by atoms with van der Waals surface area (Å²) in [6.45, 7) is 8.47. The van der Waals surface area contributed by atoms with Crippen LogP contribution in [0.5, 0.6) is 0 Å². The third kappa shape index (κ3) is 5.83. The van der Waals surface area contributed by atoms with E-state index in [2.05, 4.69) is 34.3 Å². The Morgan fingerprint density at radius 1 is 0.765 bits per heavy atom. The standard InChI is InChI=1S/C28H32N4O2/c1-21(2)31-17-19-32(20-18-31)25-15-13-23(14-16-25)27(33)30-26(22-9-5-3-6-10-22)28(34)29-24-11-7-4-8-12-24/h3-16,21,26H,17-20H2,1-2H3,(H,29,34)(H,30,33). The molecule has 3 aromatic carbocycles. The van der Waals surface area contributed by atoms with E-state index in [1.165, 1.54) is 0 Å². The number of carbonyl (C=O) groups excluding carboxylic acids is 2. The second-order valence-electron chi connectivity index (χ2n) is 8.84. The summed E-state index contributed by atoms with van der Waals surface area (Å²) in [7, 11) is 0. The fourth-order valence-corrected chi connectivity index (χ4v) is 4.22. The minimum atomic E-state index is -0.808. The molecule has 1 aliphatic rings. The fraction of sp³-hybridized carbons (Fsp3) is 0.286. The number of para-hydroxylation sites is 1. The molecular weight excluding hydrogens is 424 g/mol. The highest BCUT2D eigenvalue weighted by molar-refractivity contribution is 6.01. The molecule has 0 bridgehead atoms. The second kappa shape index (κ2) is 11.0. The first-order valence-corrected chi connectivity index (χ1v) is 11.8. The lowest BCUT2D eigenvalue weighted by atomic mass is 10.0. The van der Waals surface area contributed by atoms with Gasteiger partial charge < -0.3 is 15.5 Å². The number of hydrogen-bond acceptors (Lipinski definition) is 4. The van der Waals surface area contributed by atoms with Crippen LogP contribution in [0.2, 0.25) is 0 Å². The summed E-state index contributed by atoms with van der Waals surface area (Å²) in [6, 6.07) is 25.9. The number of nitrogens with zero attached hydrogens (tertiary/aromatic N) is 2. The lowest BCUT2D eigenvalue weighted by Gasteiger charge is -2.38. The van der Waals surface area contributed by atoms with Gasteiger partial charge in [-0.05, 0) is 55.8 Å². The van der Waals surface area contributed by atoms with E-state index >= 15 is 0 Å². The first-order valence-electron chi connectivity index (χ1n) is 11.8. The molecule has 0 aliphatic carbocycles. The quantitative estimate of drug-likeness (QED) is 0.556. The number of carbonyl (C=O) groups is 2. The molecule has 2 amide bonds. The van der Waals surface area contributed by atoms with Gasteiger partial charge in [-0.3, -0.25) is 14.5 Å². The molecular formula is C28H32N4O2. The van der Waals surface area contributed by atoms with Crippen LogP contribution < -0.4 is 15.5 Å². The third-order valence-corrected chi connectivity index (χ3v) is 6.25. The van der Waals surface area contributed by atoms with Crippen molar-refractivity contribution < 1.29 is 9.59 Å². The van der Waals surface area contributed by atoms with E-state index in [0.717, 1.165) is 37.4 Å². The van der Waals surface area contributed by atoms with Crippen molar-refractivity contribution in [3.8, 4) is 0 Å². The van der Waals surface area contributed by atoms with E-state index in [1.807, 2.05) is 84.9 Å². The zero-order valence-corrected chi connectivity index (χ0v) is 19.8. The predicted octanol–water partition coefficient (Wildman–Crippen LogP) is 4.33. The molecule has 1 heterocycles. The number of anilines is 2. The fourth-order valence-electron chi connectivity index (χ4n) is 4.22. The van der Waals surface area contributed by atoms with Gasteiger partial charge in [-0.25, -0.2) is 0 Å². The molecule has 1 saturated heterocycles. The van der Waals surface area contributed by atoms with Gasteiger partial charge in [0.25, 0.3) is 11.8 Å². The zero-order chi connectivity index (χ0) is 23.9. The molecule has 0 radical (unpaired) electrons. The first kappa shape index (κ1) is 23.5. The van der Waals surface area contributed by atoms with E-state index in [0.29, 0.717) is 17.3 Å². The summed E-state index contributed by atoms with van der Waals surface area (Å²) in [5, 5.41) is 5.81. The Hall–Kier alpha value is -3.64. The Labute approximate surface area is 201 Å². The van der Waals surface area contributed by atoms with Crippen LogP contribution in [0.4, 0.5) is 11.4 Å². The summed E-state index contributed by atoms with van der Waals surface area (Å²) in [6.07, 6.45) is 0. The molecule has 2 N–H and O–H groups in total. The van der Waals surface area contributed by atoms with Crippen molar-refractivity contribution in [3.05, 3.63) is 96.1 Å². The summed E-state index contributed by atoms with van der Waals surface area (Å²) >= 11 is 0. The third-order valence-electron chi connectivity index (χ3n) is 6.25. The van der Waals surface area contributed by atoms with Crippen molar-refractivity contribution in [1.82, 2.24) is 10.2 Å². The monoisotopic (exact) mass is 456 g/mol. The van der Waals surface area contributed by atoms with Crippen molar-refractivity contribution in [2.24, 2.45) is 0 Å². The molecule has 1 aliphatic heterocycles. The molecule has 1 atom stereocenters. The predicted molar refractivity (Wildman–Crippen MR) is 137 cm³/mol. The van der Waals surface area contributed by atoms with Crippen LogP contribution in [0.15, 0.2) is 84.9 Å². The molecule has 34 heavy (non-hydrogen) atoms. The van der Waals surface area contributed by atoms with Crippen molar-refractivity contribution in [2.45, 2.75) is 25.9 Å². The normalized spacial score (nSPS) is 15.1. The summed E-state index contributed by atoms with van der Waals surface area (Å²) in [5.74, 6) is -0.571. The highest BCUT2D eigenvalue weighted by atomic mass is 16.2. The maximum atomic E-state index is 13.1. The Kier molecular flexibility index (Phi) is 7.60. The van der Waals surface area contributed by atoms with Crippen LogP contribution in [0.25, 0.3) is 0 Å². The van der Waals surface area contributed by atoms with Crippen LogP contribution in [-0.4, -0.2) is 48.9 Å². The van der Waals surface area contributed by atoms with Gasteiger partial charge in [0.15, 0.2) is 0 Å². The lowest BCUT2D eigenvalue weighted by molar-refractivity contribution is -0.118. The Bertz CT molecular complexity index is 1080. The Morgan fingerprint density at radius 3 is 1.94 bits per heavy atom. The lowest BCUT2D eigenvalue weighted by Crippen LogP contribution is -2.48. The maximum absolute atomic E-state index is 13.1. The summed E-state index contributed by atoms with van der Waals surface area (Å²) < 4.78 is 0. The van der Waals surface area contributed by atoms with E-state index in [9.17, 15) is 9.59 Å². The second-order valence-corrected chi connectivity index (χ2v) is 8.84. The Balaban J connectivity index is 1.44. The molecule has 0 saturated carbocycles. The largest absolute Gasteiger partial charge is 0.369 e. The minimum Gasteiger partial charge on any atom is -0.369 e. The molecule has 1 fully saturated rings. The molecule has 3 aromatic rings. The van der Waals surface area contributed by atoms with Crippen LogP contribution in [-0.2, 0) is 4.79 Å². The number of piperazine rings is 1. The van der Waals surface area contributed by atoms with Gasteiger partial charge in [-0.1, -0.05) is 48.5 Å². The molecule has 1 unspecified atom stereocenters. The SMILES string of the molecule is CC(C)N1CCN(c2ccc(C(=O)NC(C(=O)Nc3ccccc3)c3ccccc3)cc2)CC1. The summed E-state index contributed by atoms with van der Waals surface area (Å²) in [4.78, 5) is 31.0. The molecule has 4 rings (SSSR count). The van der Waals surface area contributed by atoms with E-state index in [-0.39, 0.29) is 11.8 Å². The van der Waals surface area contributed by atoms with Gasteiger partial charge in [-0.15, -0.1) is 0 Å². The average molecular weight is 457 g/mol. The number of hydrogen-bond donors (Lipinski definition) is 2. The van der Waals surface area contributed by atoms with Crippen LogP contribution in [0, 0.1) is 0 Å². The van der Waals surface area contributed by atoms with Crippen LogP contribution >= 0.6 is 0 Å². The number of amides is 2. The molecule has 6 heteroatoms. The van der Waals surface area contributed by atoms with Crippen molar-refractivity contribution in [2.75, 3.05) is 36.4 Å². The summed E-state index contributed by atoms with van der Waals surface area (Å²) in [5.41, 5.74) is 3.05. The zero-order valence-electron chi connectivity index (χ0n) is 19.8. The van der Waals surface area contributed by atoms with E-state index in [4.69, 9.17) is 0 Å². The molecule has 6 nitrogen and oxygen atoms in total. The number of nitrogens with one attached hydrogen (secondary N) is 2.